The molecule has 0 heterocycles. The van der Waals surface area contributed by atoms with Crippen LogP contribution < -0.4 is 0 Å². The number of hydrogen-bond donors (Lipinski definition) is 0. The monoisotopic (exact) mass is 203 g/mol. The van der Waals surface area contributed by atoms with Gasteiger partial charge in [0.05, 0.1) is 13.1 Å². The lowest BCUT2D eigenvalue weighted by molar-refractivity contribution is -0.873. The zero-order valence-electron chi connectivity index (χ0n) is 10.0. The highest BCUT2D eigenvalue weighted by molar-refractivity contribution is 5.13. The molecule has 0 amide bonds. The fourth-order valence-electron chi connectivity index (χ4n) is 1.49. The molecule has 1 atom stereocenters. The molecule has 0 aliphatic rings. The first-order valence-electron chi connectivity index (χ1n) is 5.36. The van der Waals surface area contributed by atoms with E-state index in [1.807, 2.05) is 6.07 Å². The van der Waals surface area contributed by atoms with Gasteiger partial charge in [0, 0.05) is 12.6 Å². The Morgan fingerprint density at radius 3 is 2.40 bits per heavy atom. The van der Waals surface area contributed by atoms with Gasteiger partial charge in [-0.25, -0.2) is 0 Å². The number of allylic oxidation sites excluding steroid dienone is 1. The Morgan fingerprint density at radius 2 is 1.87 bits per heavy atom. The molecule has 0 saturated carbocycles. The van der Waals surface area contributed by atoms with Crippen LogP contribution >= 0.6 is 0 Å². The van der Waals surface area contributed by atoms with E-state index in [9.17, 15) is 0 Å². The average Bonchev–Trinajstić information content (AvgIpc) is 2.16. The molecule has 1 nitrogen and oxygen atoms in total. The van der Waals surface area contributed by atoms with Gasteiger partial charge < -0.3 is 4.48 Å². The van der Waals surface area contributed by atoms with Crippen molar-refractivity contribution in [3.63, 3.8) is 0 Å². The van der Waals surface area contributed by atoms with E-state index in [1.165, 1.54) is 11.1 Å². The molecular formula is C14H21N. The van der Waals surface area contributed by atoms with E-state index >= 15 is 0 Å². The molecule has 15 heavy (non-hydrogen) atoms. The van der Waals surface area contributed by atoms with Crippen molar-refractivity contribution in [2.45, 2.75) is 20.4 Å². The van der Waals surface area contributed by atoms with Gasteiger partial charge >= 0.3 is 0 Å². The molecule has 1 rings (SSSR count). The summed E-state index contributed by atoms with van der Waals surface area (Å²) >= 11 is 0. The molecule has 1 aromatic rings. The maximum atomic E-state index is 4.23. The lowest BCUT2D eigenvalue weighted by Gasteiger charge is -2.37. The Labute approximate surface area is 93.6 Å². The molecule has 0 radical (unpaired) electrons. The van der Waals surface area contributed by atoms with Crippen LogP contribution in [0.3, 0.4) is 0 Å². The van der Waals surface area contributed by atoms with Crippen LogP contribution in [0.2, 0.25) is 0 Å². The van der Waals surface area contributed by atoms with Gasteiger partial charge in [-0.3, -0.25) is 0 Å². The van der Waals surface area contributed by atoms with Gasteiger partial charge in [-0.2, -0.15) is 0 Å². The molecule has 82 valence electrons. The van der Waals surface area contributed by atoms with E-state index in [1.54, 1.807) is 0 Å². The summed E-state index contributed by atoms with van der Waals surface area (Å²) in [6.07, 6.45) is 2.25. The van der Waals surface area contributed by atoms with Crippen LogP contribution in [0.15, 0.2) is 42.0 Å². The Kier molecular flexibility index (Phi) is 4.10. The van der Waals surface area contributed by atoms with E-state index < -0.39 is 0 Å². The highest BCUT2D eigenvalue weighted by atomic mass is 15.3. The molecule has 0 saturated heterocycles. The zero-order chi connectivity index (χ0) is 11.3. The summed E-state index contributed by atoms with van der Waals surface area (Å²) < 4.78 is 0.759. The molecular weight excluding hydrogens is 182 g/mol. The van der Waals surface area contributed by atoms with Crippen molar-refractivity contribution in [1.29, 1.82) is 0 Å². The van der Waals surface area contributed by atoms with Crippen LogP contribution in [0.5, 0.6) is 0 Å². The zero-order valence-corrected chi connectivity index (χ0v) is 10.0. The van der Waals surface area contributed by atoms with E-state index in [2.05, 4.69) is 58.3 Å². The molecule has 1 aromatic carbocycles. The smallest absolute Gasteiger partial charge is 0.0803 e. The van der Waals surface area contributed by atoms with Gasteiger partial charge in [0.15, 0.2) is 0 Å². The van der Waals surface area contributed by atoms with Gasteiger partial charge in [-0.1, -0.05) is 35.9 Å². The Bertz CT molecular complexity index is 318. The first-order chi connectivity index (χ1) is 6.99. The molecule has 0 bridgehead atoms. The lowest BCUT2D eigenvalue weighted by Crippen LogP contribution is -2.36. The third-order valence-electron chi connectivity index (χ3n) is 2.35. The fourth-order valence-corrected chi connectivity index (χ4v) is 1.49. The Hall–Kier alpha value is -1.08. The molecule has 0 aliphatic carbocycles. The summed E-state index contributed by atoms with van der Waals surface area (Å²) in [7, 11) is 6.39. The molecule has 0 spiro atoms. The lowest BCUT2D eigenvalue weighted by atomic mass is 10.2. The second-order valence-electron chi connectivity index (χ2n) is 4.73. The predicted octanol–water partition coefficient (Wildman–Crippen LogP) is 3.39. The number of likely N-dealkylation sites (N-methyl/N-ethyl adjacent to an activating group) is 1. The van der Waals surface area contributed by atoms with Crippen molar-refractivity contribution < 1.29 is 4.48 Å². The highest BCUT2D eigenvalue weighted by Gasteiger charge is 2.07. The molecule has 1 heteroatoms. The third kappa shape index (κ3) is 4.80. The number of benzene rings is 1. The molecule has 0 fully saturated rings. The summed E-state index contributed by atoms with van der Waals surface area (Å²) in [6, 6.07) is 10.5. The largest absolute Gasteiger partial charge is 0.452 e. The van der Waals surface area contributed by atoms with Crippen molar-refractivity contribution in [3.05, 3.63) is 54.6 Å². The Balaban J connectivity index is 2.60. The number of hydrogen-bond acceptors (Lipinski definition) is 0. The normalized spacial score (nSPS) is 14.4. The van der Waals surface area contributed by atoms with Gasteiger partial charge in [0.25, 0.3) is 0 Å². The fraction of sp³-hybridized carbons (Fsp3) is 0.357. The average molecular weight is 203 g/mol. The van der Waals surface area contributed by atoms with E-state index in [-0.39, 0.29) is 0 Å². The van der Waals surface area contributed by atoms with Crippen LogP contribution in [-0.4, -0.2) is 18.1 Å². The van der Waals surface area contributed by atoms with Crippen LogP contribution in [0.1, 0.15) is 19.4 Å². The van der Waals surface area contributed by atoms with E-state index in [0.29, 0.717) is 0 Å². The Morgan fingerprint density at radius 1 is 1.27 bits per heavy atom. The number of quaternary nitrogens is 1. The van der Waals surface area contributed by atoms with Gasteiger partial charge in [0.2, 0.25) is 0 Å². The second kappa shape index (κ2) is 5.13. The second-order valence-corrected chi connectivity index (χ2v) is 4.73. The van der Waals surface area contributed by atoms with Crippen molar-refractivity contribution in [1.82, 2.24) is 0 Å². The number of rotatable bonds is 4. The summed E-state index contributed by atoms with van der Waals surface area (Å²) in [4.78, 5) is 0. The van der Waals surface area contributed by atoms with Crippen molar-refractivity contribution >= 4 is 0 Å². The van der Waals surface area contributed by atoms with Crippen molar-refractivity contribution in [3.8, 4) is 0 Å². The molecule has 0 aromatic heterocycles. The van der Waals surface area contributed by atoms with Gasteiger partial charge in [-0.05, 0) is 19.9 Å². The van der Waals surface area contributed by atoms with Gasteiger partial charge in [-0.15, -0.1) is 7.05 Å². The third-order valence-corrected chi connectivity index (χ3v) is 2.35. The summed E-state index contributed by atoms with van der Waals surface area (Å²) in [5.41, 5.74) is 2.70. The standard InChI is InChI=1S/C14H21N/c1-13(2)10-11-15(3,4)12-14-8-6-5-7-9-14/h5-10H,3,11-12H2,1-2,4H3. The van der Waals surface area contributed by atoms with E-state index in [4.69, 9.17) is 0 Å². The van der Waals surface area contributed by atoms with Crippen LogP contribution in [0, 0.1) is 7.05 Å². The van der Waals surface area contributed by atoms with E-state index in [0.717, 1.165) is 17.6 Å². The van der Waals surface area contributed by atoms with Gasteiger partial charge in [0.1, 0.15) is 0 Å². The van der Waals surface area contributed by atoms with Crippen LogP contribution in [0.25, 0.3) is 0 Å². The summed E-state index contributed by atoms with van der Waals surface area (Å²) in [6.45, 7) is 6.22. The minimum atomic E-state index is 0.759. The van der Waals surface area contributed by atoms with Crippen molar-refractivity contribution in [2.24, 2.45) is 0 Å². The highest BCUT2D eigenvalue weighted by Crippen LogP contribution is 2.10. The molecule has 0 N–H and O–H groups in total. The minimum Gasteiger partial charge on any atom is -0.452 e. The number of nitrogens with zero attached hydrogens (tertiary/aromatic N) is 1. The summed E-state index contributed by atoms with van der Waals surface area (Å²) in [5, 5.41) is 0. The minimum absolute atomic E-state index is 0.759. The van der Waals surface area contributed by atoms with Crippen LogP contribution in [0.4, 0.5) is 0 Å². The first kappa shape index (κ1) is 12.0. The maximum Gasteiger partial charge on any atom is 0.0803 e. The quantitative estimate of drug-likeness (QED) is 0.400. The summed E-state index contributed by atoms with van der Waals surface area (Å²) in [5.74, 6) is 0. The molecule has 1 unspecified atom stereocenters. The topological polar surface area (TPSA) is 0 Å². The SMILES string of the molecule is [CH2-][N+](C)(CC=C(C)C)Cc1ccccc1. The predicted molar refractivity (Wildman–Crippen MR) is 66.0 cm³/mol. The maximum absolute atomic E-state index is 4.23. The van der Waals surface area contributed by atoms with Crippen LogP contribution in [-0.2, 0) is 6.54 Å². The molecule has 0 aliphatic heterocycles. The first-order valence-corrected chi connectivity index (χ1v) is 5.36. The van der Waals surface area contributed by atoms with Crippen molar-refractivity contribution in [2.75, 3.05) is 13.6 Å².